The zero-order valence-electron chi connectivity index (χ0n) is 5.67. The topological polar surface area (TPSA) is 70.5 Å². The largest absolute Gasteiger partial charge is 0.305 e. The van der Waals surface area contributed by atoms with Crippen LogP contribution in [0.25, 0.3) is 0 Å². The monoisotopic (exact) mass is 134 g/mol. The molecule has 0 aromatic carbocycles. The highest BCUT2D eigenvalue weighted by Crippen LogP contribution is 1.97. The van der Waals surface area contributed by atoms with E-state index < -0.39 is 0 Å². The molecule has 0 spiro atoms. The van der Waals surface area contributed by atoms with Gasteiger partial charge >= 0.3 is 0 Å². The van der Waals surface area contributed by atoms with Crippen LogP contribution < -0.4 is 11.8 Å². The molecule has 0 heterocycles. The van der Waals surface area contributed by atoms with Crippen LogP contribution in [-0.2, 0) is 9.68 Å². The second-order valence-corrected chi connectivity index (χ2v) is 1.96. The molecule has 0 saturated heterocycles. The summed E-state index contributed by atoms with van der Waals surface area (Å²) in [6.07, 6.45) is 1.86. The summed E-state index contributed by atoms with van der Waals surface area (Å²) < 4.78 is 0. The van der Waals surface area contributed by atoms with E-state index in [1.807, 2.05) is 6.92 Å². The molecule has 1 unspecified atom stereocenters. The molecule has 0 bridgehead atoms. The maximum atomic E-state index is 4.88. The van der Waals surface area contributed by atoms with Gasteiger partial charge in [0.15, 0.2) is 0 Å². The average Bonchev–Trinajstić information content (AvgIpc) is 1.89. The molecule has 0 aromatic rings. The predicted octanol–water partition coefficient (Wildman–Crippen LogP) is -0.0643. The third kappa shape index (κ3) is 5.72. The van der Waals surface area contributed by atoms with E-state index in [1.54, 1.807) is 0 Å². The molecule has 0 radical (unpaired) electrons. The smallest absolute Gasteiger partial charge is 0.0760 e. The van der Waals surface area contributed by atoms with Crippen molar-refractivity contribution in [1.29, 1.82) is 0 Å². The van der Waals surface area contributed by atoms with Crippen molar-refractivity contribution in [2.24, 2.45) is 11.8 Å². The van der Waals surface area contributed by atoms with Crippen LogP contribution in [0.2, 0.25) is 0 Å². The van der Waals surface area contributed by atoms with Crippen molar-refractivity contribution in [3.63, 3.8) is 0 Å². The SMILES string of the molecule is CC(CCCON)ON. The molecule has 4 N–H and O–H groups in total. The molecule has 0 aliphatic carbocycles. The van der Waals surface area contributed by atoms with Crippen LogP contribution in [0.15, 0.2) is 0 Å². The summed E-state index contributed by atoms with van der Waals surface area (Å²) in [5.74, 6) is 9.67. The van der Waals surface area contributed by atoms with Gasteiger partial charge in [-0.15, -0.1) is 0 Å². The molecular formula is C5H14N2O2. The van der Waals surface area contributed by atoms with Gasteiger partial charge in [0.1, 0.15) is 0 Å². The lowest BCUT2D eigenvalue weighted by Crippen LogP contribution is -2.14. The van der Waals surface area contributed by atoms with Crippen molar-refractivity contribution in [3.05, 3.63) is 0 Å². The molecule has 0 amide bonds. The highest BCUT2D eigenvalue weighted by molar-refractivity contribution is 4.46. The van der Waals surface area contributed by atoms with E-state index in [9.17, 15) is 0 Å². The minimum atomic E-state index is 0.0974. The van der Waals surface area contributed by atoms with Crippen molar-refractivity contribution in [3.8, 4) is 0 Å². The quantitative estimate of drug-likeness (QED) is 0.408. The zero-order valence-corrected chi connectivity index (χ0v) is 5.67. The lowest BCUT2D eigenvalue weighted by molar-refractivity contribution is 0.0489. The van der Waals surface area contributed by atoms with Gasteiger partial charge in [-0.3, -0.25) is 0 Å². The summed E-state index contributed by atoms with van der Waals surface area (Å²) in [6.45, 7) is 2.46. The highest BCUT2D eigenvalue weighted by Gasteiger charge is 1.97. The Morgan fingerprint density at radius 3 is 2.56 bits per heavy atom. The summed E-state index contributed by atoms with van der Waals surface area (Å²) in [5, 5.41) is 0. The fourth-order valence-electron chi connectivity index (χ4n) is 0.522. The third-order valence-corrected chi connectivity index (χ3v) is 1.11. The molecule has 56 valence electrons. The molecule has 4 heteroatoms. The van der Waals surface area contributed by atoms with Gasteiger partial charge in [-0.25, -0.2) is 11.8 Å². The molecule has 0 saturated carbocycles. The van der Waals surface area contributed by atoms with Crippen LogP contribution in [0, 0.1) is 0 Å². The van der Waals surface area contributed by atoms with E-state index in [0.29, 0.717) is 6.61 Å². The van der Waals surface area contributed by atoms with Gasteiger partial charge in [-0.2, -0.15) is 0 Å². The first-order chi connectivity index (χ1) is 4.31. The Morgan fingerprint density at radius 1 is 1.44 bits per heavy atom. The predicted molar refractivity (Wildman–Crippen MR) is 34.1 cm³/mol. The number of hydrogen-bond acceptors (Lipinski definition) is 4. The summed E-state index contributed by atoms with van der Waals surface area (Å²) in [5.41, 5.74) is 0. The maximum Gasteiger partial charge on any atom is 0.0760 e. The van der Waals surface area contributed by atoms with E-state index in [1.165, 1.54) is 0 Å². The van der Waals surface area contributed by atoms with Gasteiger partial charge in [0.2, 0.25) is 0 Å². The van der Waals surface area contributed by atoms with Gasteiger partial charge in [-0.1, -0.05) is 0 Å². The molecule has 0 aliphatic rings. The Balaban J connectivity index is 2.88. The minimum absolute atomic E-state index is 0.0974. The molecule has 1 atom stereocenters. The van der Waals surface area contributed by atoms with E-state index in [4.69, 9.17) is 11.8 Å². The standard InChI is InChI=1S/C5H14N2O2/c1-5(9-7)3-2-4-8-6/h5H,2-4,6-7H2,1H3. The zero-order chi connectivity index (χ0) is 7.11. The molecule has 0 rings (SSSR count). The number of hydrogen-bond donors (Lipinski definition) is 2. The van der Waals surface area contributed by atoms with Crippen molar-refractivity contribution < 1.29 is 9.68 Å². The minimum Gasteiger partial charge on any atom is -0.305 e. The maximum absolute atomic E-state index is 4.88. The lowest BCUT2D eigenvalue weighted by atomic mass is 10.2. The van der Waals surface area contributed by atoms with Crippen LogP contribution in [0.4, 0.5) is 0 Å². The van der Waals surface area contributed by atoms with Gasteiger partial charge in [0.25, 0.3) is 0 Å². The van der Waals surface area contributed by atoms with Gasteiger partial charge in [0, 0.05) is 0 Å². The third-order valence-electron chi connectivity index (χ3n) is 1.11. The fraction of sp³-hybridized carbons (Fsp3) is 1.00. The lowest BCUT2D eigenvalue weighted by Gasteiger charge is -2.05. The summed E-state index contributed by atoms with van der Waals surface area (Å²) in [7, 11) is 0. The first-order valence-corrected chi connectivity index (χ1v) is 2.98. The first kappa shape index (κ1) is 8.84. The molecule has 9 heavy (non-hydrogen) atoms. The molecule has 4 nitrogen and oxygen atoms in total. The van der Waals surface area contributed by atoms with E-state index in [2.05, 4.69) is 9.68 Å². The van der Waals surface area contributed by atoms with E-state index in [0.717, 1.165) is 12.8 Å². The van der Waals surface area contributed by atoms with Gasteiger partial charge in [-0.05, 0) is 19.8 Å². The van der Waals surface area contributed by atoms with Crippen molar-refractivity contribution in [1.82, 2.24) is 0 Å². The molecule has 0 aromatic heterocycles. The van der Waals surface area contributed by atoms with Crippen LogP contribution >= 0.6 is 0 Å². The van der Waals surface area contributed by atoms with Crippen molar-refractivity contribution >= 4 is 0 Å². The number of nitrogens with two attached hydrogens (primary N) is 2. The van der Waals surface area contributed by atoms with Crippen LogP contribution in [0.3, 0.4) is 0 Å². The van der Waals surface area contributed by atoms with Crippen molar-refractivity contribution in [2.75, 3.05) is 6.61 Å². The summed E-state index contributed by atoms with van der Waals surface area (Å²) in [4.78, 5) is 8.84. The Labute approximate surface area is 55.0 Å². The first-order valence-electron chi connectivity index (χ1n) is 2.98. The molecular weight excluding hydrogens is 120 g/mol. The van der Waals surface area contributed by atoms with Gasteiger partial charge < -0.3 is 9.68 Å². The van der Waals surface area contributed by atoms with Crippen LogP contribution in [0.5, 0.6) is 0 Å². The Hall–Kier alpha value is -0.160. The van der Waals surface area contributed by atoms with E-state index >= 15 is 0 Å². The van der Waals surface area contributed by atoms with Gasteiger partial charge in [0.05, 0.1) is 12.7 Å². The Morgan fingerprint density at radius 2 is 2.11 bits per heavy atom. The normalized spacial score (nSPS) is 13.7. The highest BCUT2D eigenvalue weighted by atomic mass is 16.6. The molecule has 0 fully saturated rings. The second kappa shape index (κ2) is 5.97. The van der Waals surface area contributed by atoms with Crippen molar-refractivity contribution in [2.45, 2.75) is 25.9 Å². The molecule has 0 aliphatic heterocycles. The van der Waals surface area contributed by atoms with E-state index in [-0.39, 0.29) is 6.10 Å². The Bertz CT molecular complexity index is 60.9. The van der Waals surface area contributed by atoms with Crippen LogP contribution in [0.1, 0.15) is 19.8 Å². The average molecular weight is 134 g/mol. The summed E-state index contributed by atoms with van der Waals surface area (Å²) >= 11 is 0. The number of rotatable bonds is 5. The second-order valence-electron chi connectivity index (χ2n) is 1.96. The Kier molecular flexibility index (Phi) is 5.86. The van der Waals surface area contributed by atoms with Crippen LogP contribution in [-0.4, -0.2) is 12.7 Å². The summed E-state index contributed by atoms with van der Waals surface area (Å²) in [6, 6.07) is 0. The fourth-order valence-corrected chi connectivity index (χ4v) is 0.522.